The van der Waals surface area contributed by atoms with Crippen LogP contribution in [-0.4, -0.2) is 32.5 Å². The summed E-state index contributed by atoms with van der Waals surface area (Å²) in [6.07, 6.45) is 0. The van der Waals surface area contributed by atoms with Crippen LogP contribution >= 0.6 is 0 Å². The fourth-order valence-corrected chi connectivity index (χ4v) is 2.81. The van der Waals surface area contributed by atoms with Crippen molar-refractivity contribution < 1.29 is 17.9 Å². The molecule has 1 aromatic carbocycles. The molecule has 0 fully saturated rings. The Hall–Kier alpha value is -1.40. The van der Waals surface area contributed by atoms with Crippen LogP contribution in [0.15, 0.2) is 30.3 Å². The molecule has 0 saturated carbocycles. The van der Waals surface area contributed by atoms with Crippen molar-refractivity contribution in [3.63, 3.8) is 0 Å². The molecular formula is C12H17NO4S. The maximum atomic E-state index is 11.7. The zero-order valence-corrected chi connectivity index (χ0v) is 11.0. The van der Waals surface area contributed by atoms with Gasteiger partial charge in [0.1, 0.15) is 5.75 Å². The fourth-order valence-electron chi connectivity index (χ4n) is 1.51. The van der Waals surface area contributed by atoms with Crippen LogP contribution in [0.5, 0.6) is 0 Å². The van der Waals surface area contributed by atoms with Crippen molar-refractivity contribution in [2.24, 2.45) is 5.73 Å². The lowest BCUT2D eigenvalue weighted by atomic mass is 10.1. The number of esters is 1. The quantitative estimate of drug-likeness (QED) is 0.768. The summed E-state index contributed by atoms with van der Waals surface area (Å²) in [5.41, 5.74) is 6.53. The highest BCUT2D eigenvalue weighted by Crippen LogP contribution is 2.12. The zero-order valence-electron chi connectivity index (χ0n) is 10.2. The lowest BCUT2D eigenvalue weighted by Crippen LogP contribution is -2.27. The fraction of sp³-hybridized carbons (Fsp3) is 0.417. The van der Waals surface area contributed by atoms with E-state index in [9.17, 15) is 13.2 Å². The molecule has 0 aliphatic carbocycles. The number of hydrogen-bond donors (Lipinski definition) is 1. The summed E-state index contributed by atoms with van der Waals surface area (Å²) >= 11 is 0. The monoisotopic (exact) mass is 271 g/mol. The zero-order chi connectivity index (χ0) is 13.6. The van der Waals surface area contributed by atoms with E-state index in [-0.39, 0.29) is 12.4 Å². The Labute approximate surface area is 107 Å². The van der Waals surface area contributed by atoms with Crippen LogP contribution < -0.4 is 5.73 Å². The molecule has 0 amide bonds. The van der Waals surface area contributed by atoms with Crippen molar-refractivity contribution in [2.45, 2.75) is 13.0 Å². The van der Waals surface area contributed by atoms with Gasteiger partial charge in [-0.2, -0.15) is 0 Å². The van der Waals surface area contributed by atoms with Crippen LogP contribution in [0.25, 0.3) is 0 Å². The van der Waals surface area contributed by atoms with Crippen LogP contribution in [0.3, 0.4) is 0 Å². The smallest absolute Gasteiger partial charge is 0.321 e. The second kappa shape index (κ2) is 6.51. The van der Waals surface area contributed by atoms with Gasteiger partial charge in [-0.1, -0.05) is 30.3 Å². The highest BCUT2D eigenvalue weighted by molar-refractivity contribution is 7.92. The normalized spacial score (nSPS) is 13.0. The Balaban J connectivity index is 2.63. The van der Waals surface area contributed by atoms with E-state index in [1.54, 1.807) is 31.2 Å². The van der Waals surface area contributed by atoms with E-state index in [0.29, 0.717) is 0 Å². The molecule has 5 nitrogen and oxygen atoms in total. The lowest BCUT2D eigenvalue weighted by Gasteiger charge is -2.12. The number of sulfone groups is 1. The molecule has 6 heteroatoms. The number of benzene rings is 1. The molecule has 0 saturated heterocycles. The van der Waals surface area contributed by atoms with E-state index in [1.165, 1.54) is 0 Å². The lowest BCUT2D eigenvalue weighted by molar-refractivity contribution is -0.139. The molecule has 0 heterocycles. The Kier molecular flexibility index (Phi) is 5.30. The molecule has 1 aromatic rings. The van der Waals surface area contributed by atoms with Crippen LogP contribution in [0.4, 0.5) is 0 Å². The third-order valence-corrected chi connectivity index (χ3v) is 3.85. The molecule has 1 atom stereocenters. The minimum absolute atomic E-state index is 0.166. The number of nitrogens with two attached hydrogens (primary N) is 1. The number of hydrogen-bond acceptors (Lipinski definition) is 5. The first-order valence-corrected chi connectivity index (χ1v) is 7.43. The molecule has 0 aliphatic heterocycles. The maximum absolute atomic E-state index is 11.7. The molecule has 0 radical (unpaired) electrons. The van der Waals surface area contributed by atoms with Gasteiger partial charge in [0.05, 0.1) is 12.4 Å². The average Bonchev–Trinajstić information content (AvgIpc) is 2.29. The number of rotatable bonds is 6. The highest BCUT2D eigenvalue weighted by atomic mass is 32.2. The summed E-state index contributed by atoms with van der Waals surface area (Å²) in [6.45, 7) is 1.79. The van der Waals surface area contributed by atoms with Crippen LogP contribution in [0, 0.1) is 0 Å². The van der Waals surface area contributed by atoms with Crippen molar-refractivity contribution >= 4 is 15.8 Å². The van der Waals surface area contributed by atoms with Gasteiger partial charge in [0.15, 0.2) is 9.84 Å². The average molecular weight is 271 g/mol. The summed E-state index contributed by atoms with van der Waals surface area (Å²) < 4.78 is 28.0. The first-order chi connectivity index (χ1) is 8.44. The second-order valence-electron chi connectivity index (χ2n) is 3.88. The second-order valence-corrected chi connectivity index (χ2v) is 5.99. The van der Waals surface area contributed by atoms with E-state index < -0.39 is 27.6 Å². The largest absolute Gasteiger partial charge is 0.465 e. The summed E-state index contributed by atoms with van der Waals surface area (Å²) in [6, 6.07) is 8.27. The van der Waals surface area contributed by atoms with Crippen molar-refractivity contribution in [1.82, 2.24) is 0 Å². The standard InChI is InChI=1S/C12H17NO4S/c1-2-17-12(14)9-18(15,16)8-11(13)10-6-4-3-5-7-10/h3-7,11H,2,8-9,13H2,1H3. The Bertz CT molecular complexity index is 484. The first kappa shape index (κ1) is 14.7. The van der Waals surface area contributed by atoms with Crippen molar-refractivity contribution in [1.29, 1.82) is 0 Å². The Morgan fingerprint density at radius 3 is 2.50 bits per heavy atom. The summed E-state index contributed by atoms with van der Waals surface area (Å²) in [5.74, 6) is -1.63. The summed E-state index contributed by atoms with van der Waals surface area (Å²) in [4.78, 5) is 11.1. The van der Waals surface area contributed by atoms with Gasteiger partial charge in [-0.25, -0.2) is 8.42 Å². The molecule has 1 unspecified atom stereocenters. The minimum Gasteiger partial charge on any atom is -0.465 e. The molecule has 0 aliphatic rings. The highest BCUT2D eigenvalue weighted by Gasteiger charge is 2.21. The van der Waals surface area contributed by atoms with Crippen LogP contribution in [-0.2, 0) is 19.4 Å². The van der Waals surface area contributed by atoms with Gasteiger partial charge >= 0.3 is 5.97 Å². The molecule has 18 heavy (non-hydrogen) atoms. The molecule has 0 spiro atoms. The van der Waals surface area contributed by atoms with Gasteiger partial charge in [0, 0.05) is 6.04 Å². The molecule has 0 aromatic heterocycles. The van der Waals surface area contributed by atoms with Crippen LogP contribution in [0.1, 0.15) is 18.5 Å². The predicted octanol–water partition coefficient (Wildman–Crippen LogP) is 0.664. The summed E-state index contributed by atoms with van der Waals surface area (Å²) in [5, 5.41) is 0. The third-order valence-electron chi connectivity index (χ3n) is 2.30. The Morgan fingerprint density at radius 1 is 1.33 bits per heavy atom. The molecule has 1 rings (SSSR count). The van der Waals surface area contributed by atoms with E-state index in [2.05, 4.69) is 4.74 Å². The molecular weight excluding hydrogens is 254 g/mol. The van der Waals surface area contributed by atoms with Gasteiger partial charge in [0.2, 0.25) is 0 Å². The number of carbonyl (C=O) groups excluding carboxylic acids is 1. The van der Waals surface area contributed by atoms with Gasteiger partial charge in [-0.3, -0.25) is 4.79 Å². The SMILES string of the molecule is CCOC(=O)CS(=O)(=O)CC(N)c1ccccc1. The Morgan fingerprint density at radius 2 is 1.94 bits per heavy atom. The maximum Gasteiger partial charge on any atom is 0.321 e. The minimum atomic E-state index is -3.55. The van der Waals surface area contributed by atoms with Crippen molar-refractivity contribution in [2.75, 3.05) is 18.1 Å². The van der Waals surface area contributed by atoms with Gasteiger partial charge in [0.25, 0.3) is 0 Å². The predicted molar refractivity (Wildman–Crippen MR) is 68.7 cm³/mol. The molecule has 0 bridgehead atoms. The van der Waals surface area contributed by atoms with E-state index in [1.807, 2.05) is 6.07 Å². The van der Waals surface area contributed by atoms with Gasteiger partial charge in [-0.05, 0) is 12.5 Å². The van der Waals surface area contributed by atoms with Crippen LogP contribution in [0.2, 0.25) is 0 Å². The first-order valence-electron chi connectivity index (χ1n) is 5.61. The summed E-state index contributed by atoms with van der Waals surface area (Å²) in [7, 11) is -3.55. The van der Waals surface area contributed by atoms with E-state index in [0.717, 1.165) is 5.56 Å². The number of carbonyl (C=O) groups is 1. The third kappa shape index (κ3) is 4.85. The van der Waals surface area contributed by atoms with E-state index in [4.69, 9.17) is 5.73 Å². The molecule has 2 N–H and O–H groups in total. The van der Waals surface area contributed by atoms with Crippen molar-refractivity contribution in [3.8, 4) is 0 Å². The van der Waals surface area contributed by atoms with Gasteiger partial charge in [-0.15, -0.1) is 0 Å². The molecule has 100 valence electrons. The van der Waals surface area contributed by atoms with E-state index >= 15 is 0 Å². The topological polar surface area (TPSA) is 86.5 Å². The van der Waals surface area contributed by atoms with Crippen molar-refractivity contribution in [3.05, 3.63) is 35.9 Å². The number of ether oxygens (including phenoxy) is 1. The van der Waals surface area contributed by atoms with Gasteiger partial charge < -0.3 is 10.5 Å².